The first-order valence-corrected chi connectivity index (χ1v) is 6.20. The number of hydrogen-bond acceptors (Lipinski definition) is 3. The van der Waals surface area contributed by atoms with Gasteiger partial charge in [0.05, 0.1) is 19.1 Å². The van der Waals surface area contributed by atoms with Crippen molar-refractivity contribution in [2.45, 2.75) is 26.4 Å². The molecule has 0 aliphatic rings. The van der Waals surface area contributed by atoms with E-state index in [1.807, 2.05) is 43.3 Å². The van der Waals surface area contributed by atoms with Crippen molar-refractivity contribution in [2.75, 3.05) is 6.61 Å². The Morgan fingerprint density at radius 3 is 2.67 bits per heavy atom. The third kappa shape index (κ3) is 4.72. The molecule has 1 aromatic rings. The van der Waals surface area contributed by atoms with Gasteiger partial charge in [-0.15, -0.1) is 0 Å². The number of carbonyl (C=O) groups is 1. The van der Waals surface area contributed by atoms with Crippen LogP contribution in [0.1, 0.15) is 31.9 Å². The second kappa shape index (κ2) is 7.67. The van der Waals surface area contributed by atoms with E-state index < -0.39 is 6.10 Å². The maximum absolute atomic E-state index is 11.1. The molecule has 1 rings (SSSR count). The zero-order valence-electron chi connectivity index (χ0n) is 10.9. The molecule has 0 aliphatic heterocycles. The van der Waals surface area contributed by atoms with Crippen LogP contribution < -0.4 is 0 Å². The predicted molar refractivity (Wildman–Crippen MR) is 71.0 cm³/mol. The van der Waals surface area contributed by atoms with Gasteiger partial charge in [0.1, 0.15) is 0 Å². The van der Waals surface area contributed by atoms with Crippen LogP contribution in [0.3, 0.4) is 0 Å². The Hall–Kier alpha value is -1.61. The smallest absolute Gasteiger partial charge is 0.309 e. The summed E-state index contributed by atoms with van der Waals surface area (Å²) in [6.45, 7) is 4.09. The molecule has 0 heterocycles. The molecule has 3 heteroatoms. The molecule has 0 aliphatic carbocycles. The van der Waals surface area contributed by atoms with Crippen molar-refractivity contribution < 1.29 is 14.6 Å². The summed E-state index contributed by atoms with van der Waals surface area (Å²) < 4.78 is 4.82. The molecule has 0 fully saturated rings. The normalized spacial score (nSPS) is 14.4. The number of rotatable bonds is 6. The number of esters is 1. The van der Waals surface area contributed by atoms with Gasteiger partial charge in [-0.1, -0.05) is 49.4 Å². The van der Waals surface area contributed by atoms with Crippen LogP contribution in [0.2, 0.25) is 0 Å². The zero-order valence-corrected chi connectivity index (χ0v) is 10.9. The van der Waals surface area contributed by atoms with E-state index in [2.05, 4.69) is 0 Å². The number of aliphatic hydroxyl groups excluding tert-OH is 1. The topological polar surface area (TPSA) is 46.5 Å². The van der Waals surface area contributed by atoms with Gasteiger partial charge < -0.3 is 9.84 Å². The molecule has 0 saturated carbocycles. The van der Waals surface area contributed by atoms with Gasteiger partial charge in [-0.3, -0.25) is 4.79 Å². The number of ether oxygens (including phenoxy) is 1. The summed E-state index contributed by atoms with van der Waals surface area (Å²) in [5, 5.41) is 10.1. The van der Waals surface area contributed by atoms with E-state index >= 15 is 0 Å². The molecule has 98 valence electrons. The Kier molecular flexibility index (Phi) is 6.15. The maximum Gasteiger partial charge on any atom is 0.309 e. The summed E-state index contributed by atoms with van der Waals surface area (Å²) in [4.78, 5) is 11.1. The highest BCUT2D eigenvalue weighted by Crippen LogP contribution is 2.22. The highest BCUT2D eigenvalue weighted by molar-refractivity contribution is 5.71. The molecule has 3 nitrogen and oxygen atoms in total. The van der Waals surface area contributed by atoms with Gasteiger partial charge >= 0.3 is 5.97 Å². The van der Waals surface area contributed by atoms with Crippen molar-refractivity contribution in [2.24, 2.45) is 5.92 Å². The number of hydrogen-bond donors (Lipinski definition) is 1. The molecule has 0 amide bonds. The van der Waals surface area contributed by atoms with Crippen LogP contribution in [-0.2, 0) is 9.53 Å². The van der Waals surface area contributed by atoms with Gasteiger partial charge in [0, 0.05) is 5.92 Å². The number of benzene rings is 1. The van der Waals surface area contributed by atoms with Crippen LogP contribution in [0, 0.1) is 5.92 Å². The van der Waals surface area contributed by atoms with Crippen molar-refractivity contribution in [3.63, 3.8) is 0 Å². The standard InChI is InChI=1S/C15H20O3/c1-3-18-14(16)11-7-8-12(2)15(17)13-9-5-4-6-10-13/h4-10,12,15,17H,3,11H2,1-2H3/b8-7-/t12-,15-/m0/s1. The average molecular weight is 248 g/mol. The van der Waals surface area contributed by atoms with Crippen LogP contribution in [0.5, 0.6) is 0 Å². The Morgan fingerprint density at radius 1 is 1.39 bits per heavy atom. The lowest BCUT2D eigenvalue weighted by atomic mass is 9.97. The van der Waals surface area contributed by atoms with E-state index in [0.29, 0.717) is 6.61 Å². The zero-order chi connectivity index (χ0) is 13.4. The van der Waals surface area contributed by atoms with E-state index in [1.165, 1.54) is 0 Å². The minimum absolute atomic E-state index is 0.0400. The lowest BCUT2D eigenvalue weighted by Gasteiger charge is -2.15. The summed E-state index contributed by atoms with van der Waals surface area (Å²) in [7, 11) is 0. The van der Waals surface area contributed by atoms with E-state index in [1.54, 1.807) is 13.0 Å². The molecule has 0 aromatic heterocycles. The fourth-order valence-electron chi connectivity index (χ4n) is 1.66. The maximum atomic E-state index is 11.1. The molecule has 1 N–H and O–H groups in total. The fraction of sp³-hybridized carbons (Fsp3) is 0.400. The molecule has 0 bridgehead atoms. The molecule has 1 aromatic carbocycles. The monoisotopic (exact) mass is 248 g/mol. The quantitative estimate of drug-likeness (QED) is 0.622. The van der Waals surface area contributed by atoms with Crippen LogP contribution in [0.15, 0.2) is 42.5 Å². The number of aliphatic hydroxyl groups is 1. The summed E-state index contributed by atoms with van der Waals surface area (Å²) >= 11 is 0. The second-order valence-corrected chi connectivity index (χ2v) is 4.15. The van der Waals surface area contributed by atoms with Gasteiger partial charge in [-0.2, -0.15) is 0 Å². The van der Waals surface area contributed by atoms with Crippen LogP contribution in [0.4, 0.5) is 0 Å². The average Bonchev–Trinajstić information content (AvgIpc) is 2.39. The van der Waals surface area contributed by atoms with Gasteiger partial charge in [0.25, 0.3) is 0 Å². The van der Waals surface area contributed by atoms with Crippen molar-refractivity contribution in [1.82, 2.24) is 0 Å². The Balaban J connectivity index is 2.47. The fourth-order valence-corrected chi connectivity index (χ4v) is 1.66. The van der Waals surface area contributed by atoms with E-state index in [0.717, 1.165) is 5.56 Å². The first kappa shape index (κ1) is 14.5. The van der Waals surface area contributed by atoms with Gasteiger partial charge in [-0.25, -0.2) is 0 Å². The summed E-state index contributed by atoms with van der Waals surface area (Å²) in [5.74, 6) is -0.281. The summed E-state index contributed by atoms with van der Waals surface area (Å²) in [6.07, 6.45) is 3.29. The van der Waals surface area contributed by atoms with Gasteiger partial charge in [0.15, 0.2) is 0 Å². The summed E-state index contributed by atoms with van der Waals surface area (Å²) in [6, 6.07) is 9.49. The molecule has 0 radical (unpaired) electrons. The van der Waals surface area contributed by atoms with E-state index in [4.69, 9.17) is 4.74 Å². The number of carbonyl (C=O) groups excluding carboxylic acids is 1. The molecule has 0 spiro atoms. The minimum Gasteiger partial charge on any atom is -0.466 e. The molecule has 0 saturated heterocycles. The van der Waals surface area contributed by atoms with E-state index in [9.17, 15) is 9.90 Å². The Labute approximate surface area is 108 Å². The third-order valence-corrected chi connectivity index (χ3v) is 2.67. The first-order chi connectivity index (χ1) is 8.65. The molecule has 18 heavy (non-hydrogen) atoms. The molecule has 2 atom stereocenters. The third-order valence-electron chi connectivity index (χ3n) is 2.67. The van der Waals surface area contributed by atoms with Gasteiger partial charge in [-0.05, 0) is 12.5 Å². The lowest BCUT2D eigenvalue weighted by Crippen LogP contribution is -2.07. The van der Waals surface area contributed by atoms with Crippen molar-refractivity contribution in [3.05, 3.63) is 48.0 Å². The predicted octanol–water partition coefficient (Wildman–Crippen LogP) is 2.87. The lowest BCUT2D eigenvalue weighted by molar-refractivity contribution is -0.142. The Morgan fingerprint density at radius 2 is 2.06 bits per heavy atom. The second-order valence-electron chi connectivity index (χ2n) is 4.15. The first-order valence-electron chi connectivity index (χ1n) is 6.20. The van der Waals surface area contributed by atoms with Crippen LogP contribution >= 0.6 is 0 Å². The molecular weight excluding hydrogens is 228 g/mol. The van der Waals surface area contributed by atoms with Crippen molar-refractivity contribution >= 4 is 5.97 Å². The Bertz CT molecular complexity index is 384. The molecular formula is C15H20O3. The molecule has 0 unspecified atom stereocenters. The highest BCUT2D eigenvalue weighted by atomic mass is 16.5. The van der Waals surface area contributed by atoms with Crippen molar-refractivity contribution in [1.29, 1.82) is 0 Å². The minimum atomic E-state index is -0.551. The van der Waals surface area contributed by atoms with Crippen LogP contribution in [-0.4, -0.2) is 17.7 Å². The SMILES string of the molecule is CCOC(=O)C/C=C\[C@H](C)[C@H](O)c1ccccc1. The van der Waals surface area contributed by atoms with Crippen molar-refractivity contribution in [3.8, 4) is 0 Å². The highest BCUT2D eigenvalue weighted by Gasteiger charge is 2.13. The van der Waals surface area contributed by atoms with Crippen LogP contribution in [0.25, 0.3) is 0 Å². The largest absolute Gasteiger partial charge is 0.466 e. The summed E-state index contributed by atoms with van der Waals surface area (Å²) in [5.41, 5.74) is 0.880. The van der Waals surface area contributed by atoms with Gasteiger partial charge in [0.2, 0.25) is 0 Å². The van der Waals surface area contributed by atoms with E-state index in [-0.39, 0.29) is 18.3 Å².